The summed E-state index contributed by atoms with van der Waals surface area (Å²) in [5, 5.41) is 10.6. The lowest BCUT2D eigenvalue weighted by atomic mass is 10.0. The van der Waals surface area contributed by atoms with Crippen LogP contribution in [0, 0.1) is 0 Å². The summed E-state index contributed by atoms with van der Waals surface area (Å²) in [6, 6.07) is 11.4. The largest absolute Gasteiger partial charge is 0.490 e. The van der Waals surface area contributed by atoms with Crippen molar-refractivity contribution in [3.8, 4) is 11.4 Å². The van der Waals surface area contributed by atoms with E-state index in [0.29, 0.717) is 45.9 Å². The number of amides is 2. The quantitative estimate of drug-likeness (QED) is 0.129. The number of aromatic nitrogens is 9. The molecular formula is C33H29F3N12O4. The van der Waals surface area contributed by atoms with Crippen LogP contribution in [0.15, 0.2) is 86.2 Å². The first-order valence-corrected chi connectivity index (χ1v) is 15.2. The number of carboxylic acid groups (broad SMARTS) is 1. The van der Waals surface area contributed by atoms with Crippen LogP contribution in [0.4, 0.5) is 24.5 Å². The molecule has 0 bridgehead atoms. The Bertz CT molecular complexity index is 2340. The highest BCUT2D eigenvalue weighted by Crippen LogP contribution is 2.32. The van der Waals surface area contributed by atoms with Gasteiger partial charge in [-0.15, -0.1) is 0 Å². The molecule has 52 heavy (non-hydrogen) atoms. The number of anilines is 2. The summed E-state index contributed by atoms with van der Waals surface area (Å²) in [6.07, 6.45) is 8.99. The van der Waals surface area contributed by atoms with Gasteiger partial charge >= 0.3 is 12.1 Å². The van der Waals surface area contributed by atoms with Gasteiger partial charge in [-0.2, -0.15) is 13.2 Å². The second-order valence-corrected chi connectivity index (χ2v) is 10.8. The van der Waals surface area contributed by atoms with E-state index in [0.717, 1.165) is 28.8 Å². The number of halogens is 3. The molecule has 6 aromatic heterocycles. The molecule has 7 rings (SSSR count). The van der Waals surface area contributed by atoms with Crippen molar-refractivity contribution < 1.29 is 32.7 Å². The first-order valence-electron chi connectivity index (χ1n) is 15.2. The number of carboxylic acids is 1. The maximum absolute atomic E-state index is 12.3. The van der Waals surface area contributed by atoms with Gasteiger partial charge in [-0.1, -0.05) is 19.1 Å². The highest BCUT2D eigenvalue weighted by atomic mass is 19.4. The number of hydrogen-bond acceptors (Lipinski definition) is 10. The Labute approximate surface area is 291 Å². The van der Waals surface area contributed by atoms with Crippen molar-refractivity contribution in [1.29, 1.82) is 0 Å². The number of primary amides is 2. The Balaban J connectivity index is 0.000000225. The molecule has 19 heteroatoms. The number of H-pyrrole nitrogens is 2. The number of carbonyl (C=O) groups excluding carboxylic acids is 2. The number of imidazole rings is 3. The molecule has 1 aromatic carbocycles. The van der Waals surface area contributed by atoms with Crippen LogP contribution in [-0.2, 0) is 17.8 Å². The normalized spacial score (nSPS) is 10.9. The number of nitrogens with zero attached hydrogens (tertiary/aromatic N) is 7. The van der Waals surface area contributed by atoms with Gasteiger partial charge in [0.15, 0.2) is 11.3 Å². The van der Waals surface area contributed by atoms with Crippen LogP contribution in [0.1, 0.15) is 38.8 Å². The van der Waals surface area contributed by atoms with E-state index in [1.54, 1.807) is 31.0 Å². The van der Waals surface area contributed by atoms with E-state index in [1.165, 1.54) is 18.7 Å². The monoisotopic (exact) mass is 714 g/mol. The lowest BCUT2D eigenvalue weighted by molar-refractivity contribution is -0.192. The maximum atomic E-state index is 12.3. The molecule has 0 aliphatic heterocycles. The van der Waals surface area contributed by atoms with Crippen molar-refractivity contribution in [2.75, 3.05) is 5.32 Å². The molecule has 7 aromatic rings. The Kier molecular flexibility index (Phi) is 10.8. The minimum Gasteiger partial charge on any atom is -0.475 e. The third kappa shape index (κ3) is 8.51. The molecule has 0 atom stereocenters. The van der Waals surface area contributed by atoms with Crippen LogP contribution in [0.3, 0.4) is 0 Å². The first-order chi connectivity index (χ1) is 24.8. The van der Waals surface area contributed by atoms with Crippen molar-refractivity contribution in [1.82, 2.24) is 44.4 Å². The number of benzene rings is 1. The number of pyridine rings is 3. The molecule has 2 amide bonds. The zero-order valence-corrected chi connectivity index (χ0v) is 27.1. The predicted octanol–water partition coefficient (Wildman–Crippen LogP) is 4.36. The number of alkyl halides is 3. The minimum atomic E-state index is -5.08. The van der Waals surface area contributed by atoms with Crippen molar-refractivity contribution in [2.24, 2.45) is 11.5 Å². The number of nitrogens with one attached hydrogen (secondary N) is 3. The molecular weight excluding hydrogens is 685 g/mol. The average Bonchev–Trinajstić information content (AvgIpc) is 3.90. The summed E-state index contributed by atoms with van der Waals surface area (Å²) >= 11 is 0. The van der Waals surface area contributed by atoms with E-state index < -0.39 is 24.0 Å². The number of carbonyl (C=O) groups is 3. The highest BCUT2D eigenvalue weighted by Gasteiger charge is 2.38. The molecule has 8 N–H and O–H groups in total. The molecule has 6 heterocycles. The van der Waals surface area contributed by atoms with Crippen molar-refractivity contribution in [3.63, 3.8) is 0 Å². The lowest BCUT2D eigenvalue weighted by Gasteiger charge is -2.17. The lowest BCUT2D eigenvalue weighted by Crippen LogP contribution is -2.21. The second-order valence-electron chi connectivity index (χ2n) is 10.8. The van der Waals surface area contributed by atoms with Gasteiger partial charge in [0.1, 0.15) is 11.3 Å². The molecule has 0 spiro atoms. The van der Waals surface area contributed by atoms with E-state index >= 15 is 0 Å². The standard InChI is InChI=1S/C24H22N8O.C7H6N4O.C2HF3O2/c1-2-17-16(13-32-11-10-27-14-32)4-3-5-19(17)29-20-18(22(25)33)12-28-24-21(20)30-23(31-24)15-6-8-26-9-7-15;8-6(12)4-1-5-7(9-2-4)11-3-10-5;3-2(4,5)1(6)7/h3-12,14H,2,13H2,1H3,(H2,25,33)(H2,28,29,30,31);1-3H,(H2,8,12)(H,9,10,11);(H,6,7). The average molecular weight is 715 g/mol. The molecule has 0 radical (unpaired) electrons. The van der Waals surface area contributed by atoms with Crippen LogP contribution in [0.5, 0.6) is 0 Å². The zero-order valence-electron chi connectivity index (χ0n) is 27.1. The van der Waals surface area contributed by atoms with Gasteiger partial charge in [0.05, 0.1) is 35.0 Å². The number of nitrogens with two attached hydrogens (primary N) is 2. The summed E-state index contributed by atoms with van der Waals surface area (Å²) < 4.78 is 33.8. The summed E-state index contributed by atoms with van der Waals surface area (Å²) in [7, 11) is 0. The predicted molar refractivity (Wildman–Crippen MR) is 182 cm³/mol. The van der Waals surface area contributed by atoms with Crippen molar-refractivity contribution >= 4 is 51.5 Å². The van der Waals surface area contributed by atoms with Gasteiger partial charge in [-0.25, -0.2) is 29.7 Å². The molecule has 266 valence electrons. The fraction of sp³-hybridized carbons (Fsp3) is 0.121. The molecule has 0 aliphatic carbocycles. The van der Waals surface area contributed by atoms with Gasteiger partial charge in [0, 0.05) is 55.0 Å². The van der Waals surface area contributed by atoms with Crippen molar-refractivity contribution in [3.05, 3.63) is 108 Å². The van der Waals surface area contributed by atoms with Gasteiger partial charge in [-0.3, -0.25) is 14.6 Å². The second kappa shape index (κ2) is 15.6. The van der Waals surface area contributed by atoms with Crippen LogP contribution in [0.2, 0.25) is 0 Å². The molecule has 0 saturated heterocycles. The SMILES string of the molecule is CCc1c(Cn2ccnc2)cccc1Nc1c(C(N)=O)cnc2nc(-c3ccncc3)[nH]c12.NC(=O)c1cnc2nc[nH]c2c1.O=C(O)C(F)(F)F. The summed E-state index contributed by atoms with van der Waals surface area (Å²) in [5.74, 6) is -3.18. The first kappa shape index (κ1) is 36.1. The summed E-state index contributed by atoms with van der Waals surface area (Å²) in [5.41, 5.74) is 18.4. The van der Waals surface area contributed by atoms with Crippen LogP contribution >= 0.6 is 0 Å². The van der Waals surface area contributed by atoms with Gasteiger partial charge in [-0.05, 0) is 41.8 Å². The fourth-order valence-electron chi connectivity index (χ4n) is 4.91. The number of fused-ring (bicyclic) bond motifs is 2. The third-order valence-corrected chi connectivity index (χ3v) is 7.34. The van der Waals surface area contributed by atoms with E-state index in [2.05, 4.69) is 58.2 Å². The number of rotatable bonds is 8. The maximum Gasteiger partial charge on any atom is 0.490 e. The Morgan fingerprint density at radius 2 is 1.69 bits per heavy atom. The van der Waals surface area contributed by atoms with Gasteiger partial charge in [0.2, 0.25) is 5.91 Å². The minimum absolute atomic E-state index is 0.287. The van der Waals surface area contributed by atoms with Gasteiger partial charge in [0.25, 0.3) is 5.91 Å². The number of hydrogen-bond donors (Lipinski definition) is 6. The smallest absolute Gasteiger partial charge is 0.475 e. The fourth-order valence-corrected chi connectivity index (χ4v) is 4.91. The third-order valence-electron chi connectivity index (χ3n) is 7.34. The molecule has 0 aliphatic rings. The van der Waals surface area contributed by atoms with Crippen LogP contribution in [0.25, 0.3) is 33.7 Å². The number of aromatic amines is 2. The number of aliphatic carboxylic acids is 1. The van der Waals surface area contributed by atoms with Gasteiger partial charge < -0.3 is 36.4 Å². The molecule has 0 fully saturated rings. The van der Waals surface area contributed by atoms with E-state index in [4.69, 9.17) is 21.4 Å². The van der Waals surface area contributed by atoms with E-state index in [9.17, 15) is 22.8 Å². The zero-order chi connectivity index (χ0) is 37.4. The Hall–Kier alpha value is -7.18. The van der Waals surface area contributed by atoms with Crippen LogP contribution < -0.4 is 16.8 Å². The Morgan fingerprint density at radius 3 is 2.33 bits per heavy atom. The summed E-state index contributed by atoms with van der Waals surface area (Å²) in [4.78, 5) is 63.0. The van der Waals surface area contributed by atoms with E-state index in [1.807, 2.05) is 35.0 Å². The summed E-state index contributed by atoms with van der Waals surface area (Å²) in [6.45, 7) is 2.80. The molecule has 0 unspecified atom stereocenters. The Morgan fingerprint density at radius 1 is 0.962 bits per heavy atom. The van der Waals surface area contributed by atoms with Crippen molar-refractivity contribution in [2.45, 2.75) is 26.1 Å². The van der Waals surface area contributed by atoms with E-state index in [-0.39, 0.29) is 5.56 Å². The molecule has 16 nitrogen and oxygen atoms in total. The highest BCUT2D eigenvalue weighted by molar-refractivity contribution is 6.06. The van der Waals surface area contributed by atoms with Crippen LogP contribution in [-0.4, -0.2) is 73.5 Å². The topological polar surface area (TPSA) is 249 Å². The molecule has 0 saturated carbocycles.